The smallest absolute Gasteiger partial charge is 0.341 e. The molecule has 0 heterocycles. The largest absolute Gasteiger partial charge is 0.385 e. The highest BCUT2D eigenvalue weighted by molar-refractivity contribution is 6.44. The van der Waals surface area contributed by atoms with Crippen LogP contribution in [0.1, 0.15) is 0 Å². The molecule has 0 atom stereocenters. The number of carbonyl (C=O) groups is 2. The van der Waals surface area contributed by atoms with Crippen molar-refractivity contribution >= 4 is 35.2 Å². The van der Waals surface area contributed by atoms with Crippen LogP contribution in [0.15, 0.2) is 23.5 Å². The fourth-order valence-electron chi connectivity index (χ4n) is 0.289. The van der Waals surface area contributed by atoms with Crippen LogP contribution in [0.4, 0.5) is 4.39 Å². The zero-order chi connectivity index (χ0) is 9.72. The van der Waals surface area contributed by atoms with Crippen molar-refractivity contribution in [1.29, 1.82) is 0 Å². The summed E-state index contributed by atoms with van der Waals surface area (Å²) in [4.78, 5) is 20.8. The molecular weight excluding hydrogens is 210 g/mol. The van der Waals surface area contributed by atoms with Crippen LogP contribution in [-0.2, 0) is 13.9 Å². The second kappa shape index (κ2) is 4.90. The number of rotatable bonds is 3. The summed E-state index contributed by atoms with van der Waals surface area (Å²) < 4.78 is 15.8. The quantitative estimate of drug-likeness (QED) is 0.672. The van der Waals surface area contributed by atoms with Gasteiger partial charge in [0.25, 0.3) is 0 Å². The van der Waals surface area contributed by atoms with Crippen molar-refractivity contribution in [3.05, 3.63) is 23.5 Å². The van der Waals surface area contributed by atoms with E-state index >= 15 is 0 Å². The van der Waals surface area contributed by atoms with Gasteiger partial charge in [-0.2, -0.15) is 4.39 Å². The number of hydrogen-bond acceptors (Lipinski definition) is 3. The van der Waals surface area contributed by atoms with Gasteiger partial charge in [0, 0.05) is 6.08 Å². The van der Waals surface area contributed by atoms with Gasteiger partial charge in [-0.3, -0.25) is 4.79 Å². The molecule has 0 radical (unpaired) electrons. The zero-order valence-electron chi connectivity index (χ0n) is 5.64. The molecule has 0 bridgehead atoms. The Morgan fingerprint density at radius 1 is 1.50 bits per heavy atom. The van der Waals surface area contributed by atoms with Crippen LogP contribution in [0.3, 0.4) is 0 Å². The molecule has 12 heavy (non-hydrogen) atoms. The van der Waals surface area contributed by atoms with Crippen LogP contribution in [-0.4, -0.2) is 11.8 Å². The molecule has 0 amide bonds. The van der Waals surface area contributed by atoms with Crippen molar-refractivity contribution < 1.29 is 18.3 Å². The lowest BCUT2D eigenvalue weighted by molar-refractivity contribution is -0.131. The minimum atomic E-state index is -1.46. The van der Waals surface area contributed by atoms with Gasteiger partial charge in [0.15, 0.2) is 5.78 Å². The molecule has 0 spiro atoms. The molecule has 0 aliphatic carbocycles. The first-order chi connectivity index (χ1) is 5.49. The number of halogens is 3. The van der Waals surface area contributed by atoms with Gasteiger partial charge in [0.2, 0.25) is 5.83 Å². The fourth-order valence-corrected chi connectivity index (χ4v) is 0.417. The number of hydrogen-bond donors (Lipinski definition) is 0. The predicted octanol–water partition coefficient (Wildman–Crippen LogP) is 1.86. The van der Waals surface area contributed by atoms with E-state index in [1.165, 1.54) is 0 Å². The lowest BCUT2D eigenvalue weighted by atomic mass is 10.3. The molecule has 0 aromatic carbocycles. The van der Waals surface area contributed by atoms with Gasteiger partial charge in [-0.1, -0.05) is 18.2 Å². The molecule has 0 rings (SSSR count). The highest BCUT2D eigenvalue weighted by atomic mass is 35.5. The minimum absolute atomic E-state index is 0.333. The van der Waals surface area contributed by atoms with Crippen LogP contribution >= 0.6 is 23.5 Å². The SMILES string of the molecule is C=C(Cl)C(=O)/C=C(\F)C(=O)OCl. The second-order valence-electron chi connectivity index (χ2n) is 1.63. The van der Waals surface area contributed by atoms with Crippen molar-refractivity contribution in [3.8, 4) is 0 Å². The maximum atomic E-state index is 12.4. The molecule has 0 aliphatic heterocycles. The summed E-state index contributed by atoms with van der Waals surface area (Å²) in [6, 6.07) is 0. The molecule has 0 N–H and O–H groups in total. The Balaban J connectivity index is 4.46. The van der Waals surface area contributed by atoms with Crippen molar-refractivity contribution in [2.45, 2.75) is 0 Å². The Morgan fingerprint density at radius 2 is 2.00 bits per heavy atom. The van der Waals surface area contributed by atoms with Gasteiger partial charge < -0.3 is 4.29 Å². The Hall–Kier alpha value is -0.870. The Labute approximate surface area is 77.6 Å². The molecular formula is C6H3Cl2FO3. The van der Waals surface area contributed by atoms with Gasteiger partial charge in [-0.25, -0.2) is 4.79 Å². The van der Waals surface area contributed by atoms with Crippen LogP contribution in [0.25, 0.3) is 0 Å². The molecule has 0 fully saturated rings. The predicted molar refractivity (Wildman–Crippen MR) is 41.1 cm³/mol. The van der Waals surface area contributed by atoms with Gasteiger partial charge in [-0.05, 0) is 0 Å². The molecule has 0 aromatic heterocycles. The van der Waals surface area contributed by atoms with Crippen LogP contribution in [0.5, 0.6) is 0 Å². The van der Waals surface area contributed by atoms with Crippen LogP contribution < -0.4 is 0 Å². The van der Waals surface area contributed by atoms with Crippen molar-refractivity contribution in [3.63, 3.8) is 0 Å². The van der Waals surface area contributed by atoms with Gasteiger partial charge in [0.1, 0.15) is 11.9 Å². The Kier molecular flexibility index (Phi) is 4.54. The molecule has 6 heteroatoms. The maximum absolute atomic E-state index is 12.4. The Bertz CT molecular complexity index is 260. The normalized spacial score (nSPS) is 10.8. The fraction of sp³-hybridized carbons (Fsp3) is 0. The summed E-state index contributed by atoms with van der Waals surface area (Å²) in [5.74, 6) is -3.81. The summed E-state index contributed by atoms with van der Waals surface area (Å²) in [6.07, 6.45) is 0.333. The molecule has 0 aliphatic rings. The van der Waals surface area contributed by atoms with Crippen molar-refractivity contribution in [2.75, 3.05) is 0 Å². The van der Waals surface area contributed by atoms with Crippen LogP contribution in [0.2, 0.25) is 0 Å². The maximum Gasteiger partial charge on any atom is 0.385 e. The van der Waals surface area contributed by atoms with E-state index in [1.807, 2.05) is 0 Å². The summed E-state index contributed by atoms with van der Waals surface area (Å²) >= 11 is 9.59. The molecule has 0 unspecified atom stereocenters. The summed E-state index contributed by atoms with van der Waals surface area (Å²) in [5, 5.41) is -0.410. The standard InChI is InChI=1S/C6H3Cl2FO3/c1-3(7)5(10)2-4(9)6(11)12-8/h2H,1H2/b4-2-. The number of allylic oxidation sites excluding steroid dienone is 2. The van der Waals surface area contributed by atoms with Crippen LogP contribution in [0, 0.1) is 0 Å². The monoisotopic (exact) mass is 212 g/mol. The van der Waals surface area contributed by atoms with E-state index in [0.29, 0.717) is 6.08 Å². The van der Waals surface area contributed by atoms with E-state index < -0.39 is 22.6 Å². The summed E-state index contributed by atoms with van der Waals surface area (Å²) in [7, 11) is 0. The molecule has 0 saturated carbocycles. The first-order valence-corrected chi connectivity index (χ1v) is 3.26. The van der Waals surface area contributed by atoms with E-state index in [4.69, 9.17) is 11.6 Å². The van der Waals surface area contributed by atoms with E-state index in [1.54, 1.807) is 0 Å². The van der Waals surface area contributed by atoms with Gasteiger partial charge in [0.05, 0.1) is 5.03 Å². The lowest BCUT2D eigenvalue weighted by Gasteiger charge is -1.90. The molecule has 0 aromatic rings. The van der Waals surface area contributed by atoms with Gasteiger partial charge >= 0.3 is 5.97 Å². The third kappa shape index (κ3) is 3.50. The minimum Gasteiger partial charge on any atom is -0.341 e. The van der Waals surface area contributed by atoms with Gasteiger partial charge in [-0.15, -0.1) is 0 Å². The average Bonchev–Trinajstić information content (AvgIpc) is 2.02. The lowest BCUT2D eigenvalue weighted by Crippen LogP contribution is -2.01. The van der Waals surface area contributed by atoms with E-state index in [0.717, 1.165) is 0 Å². The molecule has 0 saturated heterocycles. The topological polar surface area (TPSA) is 43.4 Å². The Morgan fingerprint density at radius 3 is 2.33 bits per heavy atom. The molecule has 3 nitrogen and oxygen atoms in total. The number of ketones is 1. The first kappa shape index (κ1) is 11.1. The number of carbonyl (C=O) groups excluding carboxylic acids is 2. The van der Waals surface area contributed by atoms with Crippen molar-refractivity contribution in [1.82, 2.24) is 0 Å². The van der Waals surface area contributed by atoms with E-state index in [2.05, 4.69) is 22.7 Å². The van der Waals surface area contributed by atoms with E-state index in [9.17, 15) is 14.0 Å². The zero-order valence-corrected chi connectivity index (χ0v) is 7.15. The van der Waals surface area contributed by atoms with E-state index in [-0.39, 0.29) is 0 Å². The average molecular weight is 213 g/mol. The molecule has 66 valence electrons. The second-order valence-corrected chi connectivity index (χ2v) is 2.24. The summed E-state index contributed by atoms with van der Waals surface area (Å²) in [6.45, 7) is 3.01. The van der Waals surface area contributed by atoms with Crippen molar-refractivity contribution in [2.24, 2.45) is 0 Å². The first-order valence-electron chi connectivity index (χ1n) is 2.58. The third-order valence-electron chi connectivity index (χ3n) is 0.790. The summed E-state index contributed by atoms with van der Waals surface area (Å²) in [5.41, 5.74) is 0. The third-order valence-corrected chi connectivity index (χ3v) is 1.12. The highest BCUT2D eigenvalue weighted by Gasteiger charge is 2.12. The highest BCUT2D eigenvalue weighted by Crippen LogP contribution is 2.06.